The van der Waals surface area contributed by atoms with Crippen molar-refractivity contribution in [1.29, 1.82) is 0 Å². The Labute approximate surface area is 104 Å². The van der Waals surface area contributed by atoms with Crippen LogP contribution in [0.25, 0.3) is 5.65 Å². The molecule has 0 fully saturated rings. The van der Waals surface area contributed by atoms with Crippen LogP contribution < -0.4 is 16.4 Å². The lowest BCUT2D eigenvalue weighted by Crippen LogP contribution is -2.35. The van der Waals surface area contributed by atoms with Crippen LogP contribution in [0.4, 0.5) is 11.6 Å². The Morgan fingerprint density at radius 2 is 2.33 bits per heavy atom. The van der Waals surface area contributed by atoms with Crippen LogP contribution in [0.5, 0.6) is 0 Å². The fourth-order valence-corrected chi connectivity index (χ4v) is 1.61. The second-order valence-corrected chi connectivity index (χ2v) is 4.25. The van der Waals surface area contributed by atoms with E-state index >= 15 is 0 Å². The normalized spacial score (nSPS) is 10.8. The molecule has 0 bridgehead atoms. The monoisotopic (exact) mass is 248 g/mol. The number of hydrogen-bond acceptors (Lipinski definition) is 5. The molecule has 2 aromatic rings. The van der Waals surface area contributed by atoms with Gasteiger partial charge in [-0.1, -0.05) is 0 Å². The van der Waals surface area contributed by atoms with Crippen LogP contribution in [-0.4, -0.2) is 32.9 Å². The molecule has 96 valence electrons. The van der Waals surface area contributed by atoms with Gasteiger partial charge < -0.3 is 20.8 Å². The number of imidazole rings is 1. The third-order valence-corrected chi connectivity index (χ3v) is 2.26. The van der Waals surface area contributed by atoms with Gasteiger partial charge in [0.2, 0.25) is 5.91 Å². The number of nitrogen functional groups attached to an aromatic ring is 1. The zero-order valence-corrected chi connectivity index (χ0v) is 10.3. The largest absolute Gasteiger partial charge is 0.382 e. The highest BCUT2D eigenvalue weighted by atomic mass is 16.1. The fraction of sp³-hybridized carbons (Fsp3) is 0.364. The van der Waals surface area contributed by atoms with E-state index in [1.807, 2.05) is 13.8 Å². The van der Waals surface area contributed by atoms with Gasteiger partial charge in [-0.2, -0.15) is 0 Å². The number of aromatic nitrogens is 3. The summed E-state index contributed by atoms with van der Waals surface area (Å²) in [6, 6.07) is 0.111. The van der Waals surface area contributed by atoms with E-state index in [4.69, 9.17) is 5.73 Å². The summed E-state index contributed by atoms with van der Waals surface area (Å²) in [4.78, 5) is 19.8. The average molecular weight is 248 g/mol. The summed E-state index contributed by atoms with van der Waals surface area (Å²) in [7, 11) is 0. The minimum atomic E-state index is -0.0982. The first-order valence-corrected chi connectivity index (χ1v) is 5.68. The van der Waals surface area contributed by atoms with Gasteiger partial charge in [0.1, 0.15) is 5.82 Å². The maximum absolute atomic E-state index is 11.5. The van der Waals surface area contributed by atoms with Crippen LogP contribution >= 0.6 is 0 Å². The topological polar surface area (TPSA) is 97.3 Å². The first-order chi connectivity index (χ1) is 8.56. The van der Waals surface area contributed by atoms with Crippen molar-refractivity contribution in [2.24, 2.45) is 0 Å². The van der Waals surface area contributed by atoms with Crippen LogP contribution in [0.15, 0.2) is 18.6 Å². The Balaban J connectivity index is 2.11. The van der Waals surface area contributed by atoms with E-state index < -0.39 is 0 Å². The summed E-state index contributed by atoms with van der Waals surface area (Å²) in [5, 5.41) is 5.72. The van der Waals surface area contributed by atoms with Crippen molar-refractivity contribution < 1.29 is 4.79 Å². The van der Waals surface area contributed by atoms with Crippen molar-refractivity contribution in [1.82, 2.24) is 19.7 Å². The second kappa shape index (κ2) is 4.91. The maximum atomic E-state index is 11.5. The molecular formula is C11H16N6O. The van der Waals surface area contributed by atoms with Crippen LogP contribution in [0, 0.1) is 0 Å². The second-order valence-electron chi connectivity index (χ2n) is 4.25. The third-order valence-electron chi connectivity index (χ3n) is 2.26. The van der Waals surface area contributed by atoms with E-state index in [1.54, 1.807) is 23.0 Å². The molecule has 7 nitrogen and oxygen atoms in total. The zero-order valence-electron chi connectivity index (χ0n) is 10.3. The fourth-order valence-electron chi connectivity index (χ4n) is 1.61. The minimum absolute atomic E-state index is 0.0982. The highest BCUT2D eigenvalue weighted by Gasteiger charge is 2.08. The molecule has 7 heteroatoms. The molecular weight excluding hydrogens is 232 g/mol. The minimum Gasteiger partial charge on any atom is -0.382 e. The summed E-state index contributed by atoms with van der Waals surface area (Å²) in [5.74, 6) is 0.769. The van der Waals surface area contributed by atoms with Crippen LogP contribution in [0.3, 0.4) is 0 Å². The van der Waals surface area contributed by atoms with Crippen molar-refractivity contribution in [3.8, 4) is 0 Å². The molecule has 2 aromatic heterocycles. The summed E-state index contributed by atoms with van der Waals surface area (Å²) >= 11 is 0. The quantitative estimate of drug-likeness (QED) is 0.720. The number of carbonyl (C=O) groups is 1. The smallest absolute Gasteiger partial charge is 0.239 e. The van der Waals surface area contributed by atoms with Crippen LogP contribution in [0.2, 0.25) is 0 Å². The predicted molar refractivity (Wildman–Crippen MR) is 69.2 cm³/mol. The van der Waals surface area contributed by atoms with Crippen molar-refractivity contribution in [3.63, 3.8) is 0 Å². The van der Waals surface area contributed by atoms with Crippen molar-refractivity contribution in [3.05, 3.63) is 18.6 Å². The Hall–Kier alpha value is -2.31. The van der Waals surface area contributed by atoms with E-state index in [0.717, 1.165) is 0 Å². The van der Waals surface area contributed by atoms with Gasteiger partial charge in [-0.25, -0.2) is 9.97 Å². The molecule has 0 aromatic carbocycles. The molecule has 0 saturated heterocycles. The standard InChI is InChI=1S/C11H16N6O/c1-7(2)15-9(18)5-14-10-11-13-3-4-17(11)6-8(12)16-10/h3-4,6-7H,5,12H2,1-2H3,(H,14,16)(H,15,18). The predicted octanol–water partition coefficient (Wildman–Crippen LogP) is 0.248. The van der Waals surface area contributed by atoms with E-state index in [9.17, 15) is 4.79 Å². The highest BCUT2D eigenvalue weighted by Crippen LogP contribution is 2.13. The zero-order chi connectivity index (χ0) is 13.1. The number of anilines is 2. The number of hydrogen-bond donors (Lipinski definition) is 3. The Kier molecular flexibility index (Phi) is 3.31. The molecule has 0 atom stereocenters. The number of nitrogens with zero attached hydrogens (tertiary/aromatic N) is 3. The number of nitrogens with one attached hydrogen (secondary N) is 2. The van der Waals surface area contributed by atoms with Crippen LogP contribution in [0.1, 0.15) is 13.8 Å². The molecule has 0 radical (unpaired) electrons. The molecule has 1 amide bonds. The van der Waals surface area contributed by atoms with Gasteiger partial charge in [0.15, 0.2) is 11.5 Å². The van der Waals surface area contributed by atoms with Gasteiger partial charge in [0.05, 0.1) is 12.7 Å². The number of nitrogens with two attached hydrogens (primary N) is 1. The third kappa shape index (κ3) is 2.68. The lowest BCUT2D eigenvalue weighted by Gasteiger charge is -2.10. The van der Waals surface area contributed by atoms with Crippen molar-refractivity contribution in [2.75, 3.05) is 17.6 Å². The van der Waals surface area contributed by atoms with Gasteiger partial charge in [0, 0.05) is 18.4 Å². The van der Waals surface area contributed by atoms with E-state index in [1.165, 1.54) is 0 Å². The van der Waals surface area contributed by atoms with E-state index in [-0.39, 0.29) is 18.5 Å². The molecule has 4 N–H and O–H groups in total. The lowest BCUT2D eigenvalue weighted by molar-refractivity contribution is -0.119. The Morgan fingerprint density at radius 1 is 1.56 bits per heavy atom. The van der Waals surface area contributed by atoms with Crippen molar-refractivity contribution >= 4 is 23.2 Å². The first-order valence-electron chi connectivity index (χ1n) is 5.68. The summed E-state index contributed by atoms with van der Waals surface area (Å²) in [5.41, 5.74) is 6.31. The highest BCUT2D eigenvalue weighted by molar-refractivity contribution is 5.82. The molecule has 2 heterocycles. The van der Waals surface area contributed by atoms with Crippen molar-refractivity contribution in [2.45, 2.75) is 19.9 Å². The summed E-state index contributed by atoms with van der Waals surface area (Å²) in [6.07, 6.45) is 5.09. The van der Waals surface area contributed by atoms with Gasteiger partial charge in [-0.15, -0.1) is 0 Å². The Morgan fingerprint density at radius 3 is 3.06 bits per heavy atom. The van der Waals surface area contributed by atoms with Gasteiger partial charge in [-0.3, -0.25) is 4.79 Å². The SMILES string of the molecule is CC(C)NC(=O)CNc1nc(N)cn2ccnc12. The van der Waals surface area contributed by atoms with E-state index in [2.05, 4.69) is 20.6 Å². The molecule has 0 aliphatic carbocycles. The van der Waals surface area contributed by atoms with Crippen LogP contribution in [-0.2, 0) is 4.79 Å². The molecule has 18 heavy (non-hydrogen) atoms. The lowest BCUT2D eigenvalue weighted by atomic mass is 10.4. The number of amides is 1. The number of rotatable bonds is 4. The van der Waals surface area contributed by atoms with Gasteiger partial charge in [-0.05, 0) is 13.8 Å². The average Bonchev–Trinajstić information content (AvgIpc) is 2.72. The maximum Gasteiger partial charge on any atom is 0.239 e. The summed E-state index contributed by atoms with van der Waals surface area (Å²) in [6.45, 7) is 3.95. The number of fused-ring (bicyclic) bond motifs is 1. The molecule has 2 rings (SSSR count). The Bertz CT molecular complexity index is 562. The number of carbonyl (C=O) groups excluding carboxylic acids is 1. The molecule has 0 aliphatic rings. The molecule has 0 saturated carbocycles. The van der Waals surface area contributed by atoms with Gasteiger partial charge in [0.25, 0.3) is 0 Å². The molecule has 0 unspecified atom stereocenters. The molecule has 0 aliphatic heterocycles. The van der Waals surface area contributed by atoms with Gasteiger partial charge >= 0.3 is 0 Å². The summed E-state index contributed by atoms with van der Waals surface area (Å²) < 4.78 is 1.75. The first kappa shape index (κ1) is 12.2. The van der Waals surface area contributed by atoms with E-state index in [0.29, 0.717) is 17.3 Å². The molecule has 0 spiro atoms.